The smallest absolute Gasteiger partial charge is 0.132 e. The molecule has 94 valence electrons. The number of aromatic nitrogens is 4. The number of hydrogen-bond acceptors (Lipinski definition) is 4. The van der Waals surface area contributed by atoms with Gasteiger partial charge in [-0.15, -0.1) is 0 Å². The van der Waals surface area contributed by atoms with E-state index in [1.807, 2.05) is 24.0 Å². The normalized spacial score (nSPS) is 13.6. The SMILES string of the molecule is Cc1cnn(CCNc2ncnc3c2CCC3)c1. The third-order valence-corrected chi connectivity index (χ3v) is 3.27. The summed E-state index contributed by atoms with van der Waals surface area (Å²) in [5.41, 5.74) is 3.70. The van der Waals surface area contributed by atoms with Crippen molar-refractivity contribution in [2.24, 2.45) is 0 Å². The van der Waals surface area contributed by atoms with E-state index in [-0.39, 0.29) is 0 Å². The van der Waals surface area contributed by atoms with E-state index >= 15 is 0 Å². The Labute approximate surface area is 106 Å². The molecular formula is C13H17N5. The van der Waals surface area contributed by atoms with Gasteiger partial charge < -0.3 is 5.32 Å². The molecule has 0 radical (unpaired) electrons. The standard InChI is InChI=1S/C13H17N5/c1-10-7-17-18(8-10)6-5-14-13-11-3-2-4-12(11)15-9-16-13/h7-9H,2-6H2,1H3,(H,14,15,16). The van der Waals surface area contributed by atoms with E-state index in [0.717, 1.165) is 31.7 Å². The molecule has 0 aliphatic heterocycles. The zero-order chi connectivity index (χ0) is 12.4. The lowest BCUT2D eigenvalue weighted by Crippen LogP contribution is -2.13. The highest BCUT2D eigenvalue weighted by Crippen LogP contribution is 2.24. The minimum Gasteiger partial charge on any atom is -0.368 e. The Morgan fingerprint density at radius 2 is 2.28 bits per heavy atom. The summed E-state index contributed by atoms with van der Waals surface area (Å²) < 4.78 is 1.95. The molecule has 0 spiro atoms. The first-order valence-corrected chi connectivity index (χ1v) is 6.38. The summed E-state index contributed by atoms with van der Waals surface area (Å²) in [5, 5.41) is 7.65. The zero-order valence-electron chi connectivity index (χ0n) is 10.6. The Hall–Kier alpha value is -1.91. The number of fused-ring (bicyclic) bond motifs is 1. The van der Waals surface area contributed by atoms with Crippen molar-refractivity contribution in [2.45, 2.75) is 32.7 Å². The van der Waals surface area contributed by atoms with Gasteiger partial charge in [-0.25, -0.2) is 9.97 Å². The Morgan fingerprint density at radius 1 is 1.33 bits per heavy atom. The van der Waals surface area contributed by atoms with Gasteiger partial charge in [-0.2, -0.15) is 5.10 Å². The predicted molar refractivity (Wildman–Crippen MR) is 69.5 cm³/mol. The lowest BCUT2D eigenvalue weighted by atomic mass is 10.2. The van der Waals surface area contributed by atoms with Crippen molar-refractivity contribution in [3.63, 3.8) is 0 Å². The van der Waals surface area contributed by atoms with Crippen LogP contribution >= 0.6 is 0 Å². The van der Waals surface area contributed by atoms with Gasteiger partial charge in [-0.1, -0.05) is 0 Å². The maximum Gasteiger partial charge on any atom is 0.132 e. The molecule has 0 saturated carbocycles. The third kappa shape index (κ3) is 2.20. The first kappa shape index (κ1) is 11.2. The summed E-state index contributed by atoms with van der Waals surface area (Å²) in [5.74, 6) is 1.00. The molecule has 0 fully saturated rings. The molecule has 1 aliphatic rings. The molecule has 18 heavy (non-hydrogen) atoms. The van der Waals surface area contributed by atoms with E-state index in [9.17, 15) is 0 Å². The fourth-order valence-electron chi connectivity index (χ4n) is 2.39. The fourth-order valence-corrected chi connectivity index (χ4v) is 2.39. The van der Waals surface area contributed by atoms with Gasteiger partial charge in [0.15, 0.2) is 0 Å². The molecule has 5 heteroatoms. The van der Waals surface area contributed by atoms with Gasteiger partial charge in [0.05, 0.1) is 12.7 Å². The topological polar surface area (TPSA) is 55.6 Å². The molecule has 0 atom stereocenters. The van der Waals surface area contributed by atoms with Crippen LogP contribution in [-0.4, -0.2) is 26.3 Å². The predicted octanol–water partition coefficient (Wildman–Crippen LogP) is 1.58. The second-order valence-electron chi connectivity index (χ2n) is 4.71. The molecule has 0 saturated heterocycles. The monoisotopic (exact) mass is 243 g/mol. The van der Waals surface area contributed by atoms with Crippen LogP contribution in [0.5, 0.6) is 0 Å². The summed E-state index contributed by atoms with van der Waals surface area (Å²) >= 11 is 0. The molecular weight excluding hydrogens is 226 g/mol. The summed E-state index contributed by atoms with van der Waals surface area (Å²) in [6, 6.07) is 0. The van der Waals surface area contributed by atoms with Gasteiger partial charge in [0.2, 0.25) is 0 Å². The van der Waals surface area contributed by atoms with Crippen LogP contribution < -0.4 is 5.32 Å². The van der Waals surface area contributed by atoms with Gasteiger partial charge in [-0.3, -0.25) is 4.68 Å². The van der Waals surface area contributed by atoms with Gasteiger partial charge in [0.1, 0.15) is 12.1 Å². The zero-order valence-corrected chi connectivity index (χ0v) is 10.6. The molecule has 2 aromatic rings. The first-order valence-electron chi connectivity index (χ1n) is 6.38. The highest BCUT2D eigenvalue weighted by Gasteiger charge is 2.16. The quantitative estimate of drug-likeness (QED) is 0.886. The fraction of sp³-hybridized carbons (Fsp3) is 0.462. The van der Waals surface area contributed by atoms with Gasteiger partial charge >= 0.3 is 0 Å². The molecule has 5 nitrogen and oxygen atoms in total. The van der Waals surface area contributed by atoms with E-state index in [2.05, 4.69) is 20.4 Å². The van der Waals surface area contributed by atoms with Crippen LogP contribution in [0.1, 0.15) is 23.2 Å². The van der Waals surface area contributed by atoms with Crippen molar-refractivity contribution in [3.8, 4) is 0 Å². The van der Waals surface area contributed by atoms with Crippen molar-refractivity contribution >= 4 is 5.82 Å². The Bertz CT molecular complexity index is 546. The summed E-state index contributed by atoms with van der Waals surface area (Å²) in [4.78, 5) is 8.66. The molecule has 0 amide bonds. The van der Waals surface area contributed by atoms with Crippen molar-refractivity contribution in [1.29, 1.82) is 0 Å². The summed E-state index contributed by atoms with van der Waals surface area (Å²) in [7, 11) is 0. The maximum atomic E-state index is 4.33. The van der Waals surface area contributed by atoms with Crippen LogP contribution in [0.25, 0.3) is 0 Å². The maximum absolute atomic E-state index is 4.33. The lowest BCUT2D eigenvalue weighted by Gasteiger charge is -2.09. The van der Waals surface area contributed by atoms with Crippen LogP contribution in [0.4, 0.5) is 5.82 Å². The number of hydrogen-bond donors (Lipinski definition) is 1. The van der Waals surface area contributed by atoms with E-state index in [1.165, 1.54) is 23.2 Å². The van der Waals surface area contributed by atoms with Crippen molar-refractivity contribution in [2.75, 3.05) is 11.9 Å². The molecule has 3 rings (SSSR count). The van der Waals surface area contributed by atoms with Gasteiger partial charge in [-0.05, 0) is 31.7 Å². The third-order valence-electron chi connectivity index (χ3n) is 3.27. The number of nitrogens with one attached hydrogen (secondary N) is 1. The van der Waals surface area contributed by atoms with Crippen molar-refractivity contribution in [3.05, 3.63) is 35.5 Å². The number of nitrogens with zero attached hydrogens (tertiary/aromatic N) is 4. The molecule has 2 heterocycles. The van der Waals surface area contributed by atoms with Crippen molar-refractivity contribution < 1.29 is 0 Å². The number of rotatable bonds is 4. The second-order valence-corrected chi connectivity index (χ2v) is 4.71. The first-order chi connectivity index (χ1) is 8.83. The highest BCUT2D eigenvalue weighted by molar-refractivity contribution is 5.47. The second kappa shape index (κ2) is 4.76. The number of aryl methyl sites for hydroxylation is 2. The highest BCUT2D eigenvalue weighted by atomic mass is 15.3. The minimum atomic E-state index is 0.838. The molecule has 0 aromatic carbocycles. The molecule has 2 aromatic heterocycles. The molecule has 1 N–H and O–H groups in total. The molecule has 0 bridgehead atoms. The van der Waals surface area contributed by atoms with E-state index in [4.69, 9.17) is 0 Å². The molecule has 0 unspecified atom stereocenters. The van der Waals surface area contributed by atoms with Crippen molar-refractivity contribution in [1.82, 2.24) is 19.7 Å². The lowest BCUT2D eigenvalue weighted by molar-refractivity contribution is 0.636. The van der Waals surface area contributed by atoms with Crippen LogP contribution in [0, 0.1) is 6.92 Å². The largest absolute Gasteiger partial charge is 0.368 e. The average Bonchev–Trinajstić information content (AvgIpc) is 2.98. The van der Waals surface area contributed by atoms with E-state index in [0.29, 0.717) is 0 Å². The summed E-state index contributed by atoms with van der Waals surface area (Å²) in [6.45, 7) is 3.74. The van der Waals surface area contributed by atoms with E-state index < -0.39 is 0 Å². The van der Waals surface area contributed by atoms with Crippen LogP contribution in [-0.2, 0) is 19.4 Å². The summed E-state index contributed by atoms with van der Waals surface area (Å²) in [6.07, 6.45) is 8.96. The average molecular weight is 243 g/mol. The van der Waals surface area contributed by atoms with E-state index in [1.54, 1.807) is 6.33 Å². The van der Waals surface area contributed by atoms with Crippen LogP contribution in [0.3, 0.4) is 0 Å². The van der Waals surface area contributed by atoms with Gasteiger partial charge in [0.25, 0.3) is 0 Å². The van der Waals surface area contributed by atoms with Gasteiger partial charge in [0, 0.05) is 24.0 Å². The Kier molecular flexibility index (Phi) is 2.96. The molecule has 1 aliphatic carbocycles. The Balaban J connectivity index is 1.62. The minimum absolute atomic E-state index is 0.838. The number of anilines is 1. The Morgan fingerprint density at radius 3 is 3.11 bits per heavy atom. The van der Waals surface area contributed by atoms with Crippen LogP contribution in [0.2, 0.25) is 0 Å². The van der Waals surface area contributed by atoms with Crippen LogP contribution in [0.15, 0.2) is 18.7 Å².